The van der Waals surface area contributed by atoms with Crippen molar-refractivity contribution < 1.29 is 8.42 Å². The van der Waals surface area contributed by atoms with Gasteiger partial charge in [0.25, 0.3) is 0 Å². The van der Waals surface area contributed by atoms with Crippen LogP contribution in [0.2, 0.25) is 5.02 Å². The predicted molar refractivity (Wildman–Crippen MR) is 77.0 cm³/mol. The first-order valence-electron chi connectivity index (χ1n) is 5.95. The molecule has 0 radical (unpaired) electrons. The Labute approximate surface area is 119 Å². The first-order valence-corrected chi connectivity index (χ1v) is 8.28. The van der Waals surface area contributed by atoms with Crippen LogP contribution in [0.15, 0.2) is 6.20 Å². The van der Waals surface area contributed by atoms with Crippen molar-refractivity contribution in [3.05, 3.63) is 16.9 Å². The van der Waals surface area contributed by atoms with E-state index >= 15 is 0 Å². The van der Waals surface area contributed by atoms with Crippen LogP contribution in [0.3, 0.4) is 0 Å². The Morgan fingerprint density at radius 1 is 1.53 bits per heavy atom. The summed E-state index contributed by atoms with van der Waals surface area (Å²) < 4.78 is 24.9. The molecule has 6 nitrogen and oxygen atoms in total. The van der Waals surface area contributed by atoms with Crippen molar-refractivity contribution in [1.82, 2.24) is 14.7 Å². The number of likely N-dealkylation sites (N-methyl/N-ethyl adjacent to an activating group) is 1. The van der Waals surface area contributed by atoms with E-state index < -0.39 is 21.1 Å². The van der Waals surface area contributed by atoms with Gasteiger partial charge in [-0.3, -0.25) is 4.68 Å². The minimum atomic E-state index is -3.23. The Kier molecular flexibility index (Phi) is 5.37. The second kappa shape index (κ2) is 6.21. The Bertz CT molecular complexity index is 527. The molecule has 0 aromatic carbocycles. The number of hydrogen-bond acceptors (Lipinski definition) is 5. The number of nitrogens with zero attached hydrogens (tertiary/aromatic N) is 3. The van der Waals surface area contributed by atoms with E-state index in [1.165, 1.54) is 12.5 Å². The largest absolute Gasteiger partial charge is 0.322 e. The number of nitrogens with two attached hydrogens (primary N) is 1. The van der Waals surface area contributed by atoms with Crippen LogP contribution in [-0.2, 0) is 16.4 Å². The highest BCUT2D eigenvalue weighted by Crippen LogP contribution is 2.26. The van der Waals surface area contributed by atoms with Crippen LogP contribution in [0.5, 0.6) is 0 Å². The fourth-order valence-electron chi connectivity index (χ4n) is 1.66. The zero-order chi connectivity index (χ0) is 14.8. The first kappa shape index (κ1) is 16.4. The van der Waals surface area contributed by atoms with Crippen LogP contribution in [0.25, 0.3) is 0 Å². The third-order valence-corrected chi connectivity index (χ3v) is 5.02. The van der Waals surface area contributed by atoms with E-state index in [0.29, 0.717) is 17.3 Å². The lowest BCUT2D eigenvalue weighted by Gasteiger charge is -2.21. The summed E-state index contributed by atoms with van der Waals surface area (Å²) in [5.74, 6) is 0. The summed E-state index contributed by atoms with van der Waals surface area (Å²) >= 11 is 6.08. The van der Waals surface area contributed by atoms with Crippen LogP contribution >= 0.6 is 11.6 Å². The Hall–Kier alpha value is -0.630. The molecule has 8 heteroatoms. The molecule has 0 aliphatic rings. The SMILES string of the molecule is CC(C(N)c1c(Cl)cnn1CCN(C)C)S(C)(=O)=O. The lowest BCUT2D eigenvalue weighted by molar-refractivity contribution is 0.366. The van der Waals surface area contributed by atoms with Gasteiger partial charge in [0.2, 0.25) is 0 Å². The van der Waals surface area contributed by atoms with Gasteiger partial charge in [0, 0.05) is 12.8 Å². The molecular weight excluding hydrogens is 288 g/mol. The summed E-state index contributed by atoms with van der Waals surface area (Å²) in [5, 5.41) is 3.85. The number of rotatable bonds is 6. The van der Waals surface area contributed by atoms with Gasteiger partial charge in [0.15, 0.2) is 9.84 Å². The van der Waals surface area contributed by atoms with Crippen LogP contribution in [0.1, 0.15) is 18.7 Å². The molecule has 19 heavy (non-hydrogen) atoms. The van der Waals surface area contributed by atoms with Gasteiger partial charge in [0.1, 0.15) is 0 Å². The minimum absolute atomic E-state index is 0.404. The second-order valence-corrected chi connectivity index (χ2v) is 7.77. The summed E-state index contributed by atoms with van der Waals surface area (Å²) in [4.78, 5) is 2.00. The number of halogens is 1. The number of sulfone groups is 1. The molecule has 110 valence electrons. The van der Waals surface area contributed by atoms with Gasteiger partial charge in [-0.25, -0.2) is 8.42 Å². The lowest BCUT2D eigenvalue weighted by atomic mass is 10.1. The molecule has 2 atom stereocenters. The van der Waals surface area contributed by atoms with Crippen LogP contribution < -0.4 is 5.73 Å². The minimum Gasteiger partial charge on any atom is -0.322 e. The van der Waals surface area contributed by atoms with E-state index in [1.54, 1.807) is 11.6 Å². The maximum Gasteiger partial charge on any atom is 0.151 e. The molecule has 2 N–H and O–H groups in total. The highest BCUT2D eigenvalue weighted by atomic mass is 35.5. The molecule has 0 saturated carbocycles. The van der Waals surface area contributed by atoms with Crippen molar-refractivity contribution in [3.63, 3.8) is 0 Å². The van der Waals surface area contributed by atoms with Crippen molar-refractivity contribution in [1.29, 1.82) is 0 Å². The monoisotopic (exact) mass is 308 g/mol. The Morgan fingerprint density at radius 3 is 2.58 bits per heavy atom. The fraction of sp³-hybridized carbons (Fsp3) is 0.727. The van der Waals surface area contributed by atoms with Gasteiger partial charge in [-0.15, -0.1) is 0 Å². The highest BCUT2D eigenvalue weighted by molar-refractivity contribution is 7.91. The van der Waals surface area contributed by atoms with Crippen molar-refractivity contribution >= 4 is 21.4 Å². The van der Waals surface area contributed by atoms with E-state index in [1.807, 2.05) is 19.0 Å². The lowest BCUT2D eigenvalue weighted by Crippen LogP contribution is -2.33. The zero-order valence-electron chi connectivity index (χ0n) is 11.7. The molecule has 0 amide bonds. The topological polar surface area (TPSA) is 81.2 Å². The van der Waals surface area contributed by atoms with Crippen LogP contribution in [0, 0.1) is 0 Å². The quantitative estimate of drug-likeness (QED) is 0.829. The second-order valence-electron chi connectivity index (χ2n) is 4.96. The summed E-state index contributed by atoms with van der Waals surface area (Å²) in [6.45, 7) is 2.96. The van der Waals surface area contributed by atoms with Gasteiger partial charge >= 0.3 is 0 Å². The number of aromatic nitrogens is 2. The number of hydrogen-bond donors (Lipinski definition) is 1. The molecule has 0 spiro atoms. The fourth-order valence-corrected chi connectivity index (χ4v) is 2.59. The van der Waals surface area contributed by atoms with Crippen molar-refractivity contribution in [2.45, 2.75) is 24.8 Å². The zero-order valence-corrected chi connectivity index (χ0v) is 13.2. The Balaban J connectivity index is 3.02. The first-order chi connectivity index (χ1) is 8.64. The molecule has 1 aromatic rings. The molecule has 0 aliphatic carbocycles. The molecule has 1 rings (SSSR count). The average Bonchev–Trinajstić information content (AvgIpc) is 2.64. The summed E-state index contributed by atoms with van der Waals surface area (Å²) in [6, 6.07) is -0.688. The van der Waals surface area contributed by atoms with Gasteiger partial charge < -0.3 is 10.6 Å². The van der Waals surface area contributed by atoms with Crippen molar-refractivity contribution in [2.24, 2.45) is 5.73 Å². The smallest absolute Gasteiger partial charge is 0.151 e. The summed E-state index contributed by atoms with van der Waals surface area (Å²) in [7, 11) is 0.668. The Morgan fingerprint density at radius 2 is 2.11 bits per heavy atom. The van der Waals surface area contributed by atoms with Gasteiger partial charge in [-0.2, -0.15) is 5.10 Å². The van der Waals surface area contributed by atoms with Gasteiger partial charge in [-0.1, -0.05) is 11.6 Å². The molecule has 1 heterocycles. The van der Waals surface area contributed by atoms with Gasteiger partial charge in [0.05, 0.1) is 34.7 Å². The molecule has 0 aliphatic heterocycles. The highest BCUT2D eigenvalue weighted by Gasteiger charge is 2.28. The molecule has 0 fully saturated rings. The summed E-state index contributed by atoms with van der Waals surface area (Å²) in [6.07, 6.45) is 2.67. The van der Waals surface area contributed by atoms with E-state index in [0.717, 1.165) is 6.54 Å². The molecular formula is C11H21ClN4O2S. The van der Waals surface area contributed by atoms with E-state index in [-0.39, 0.29) is 0 Å². The maximum atomic E-state index is 11.6. The summed E-state index contributed by atoms with van der Waals surface area (Å²) in [5.41, 5.74) is 6.61. The third-order valence-electron chi connectivity index (χ3n) is 3.09. The van der Waals surface area contributed by atoms with E-state index in [4.69, 9.17) is 17.3 Å². The average molecular weight is 309 g/mol. The van der Waals surface area contributed by atoms with Crippen molar-refractivity contribution in [3.8, 4) is 0 Å². The molecule has 1 aromatic heterocycles. The van der Waals surface area contributed by atoms with Crippen LogP contribution in [0.4, 0.5) is 0 Å². The van der Waals surface area contributed by atoms with Crippen molar-refractivity contribution in [2.75, 3.05) is 26.9 Å². The third kappa shape index (κ3) is 4.17. The van der Waals surface area contributed by atoms with E-state index in [9.17, 15) is 8.42 Å². The normalized spacial score (nSPS) is 15.7. The molecule has 0 bridgehead atoms. The van der Waals surface area contributed by atoms with Gasteiger partial charge in [-0.05, 0) is 21.0 Å². The predicted octanol–water partition coefficient (Wildman–Crippen LogP) is 0.531. The van der Waals surface area contributed by atoms with E-state index in [2.05, 4.69) is 5.10 Å². The molecule has 2 unspecified atom stereocenters. The van der Waals surface area contributed by atoms with Crippen LogP contribution in [-0.4, -0.2) is 55.2 Å². The standard InChI is InChI=1S/C11H21ClN4O2S/c1-8(19(4,17)18)10(13)11-9(12)7-14-16(11)6-5-15(2)3/h7-8,10H,5-6,13H2,1-4H3. The molecule has 0 saturated heterocycles. The maximum absolute atomic E-state index is 11.6.